The molecule has 170 valence electrons. The first-order valence-electron chi connectivity index (χ1n) is 9.14. The van der Waals surface area contributed by atoms with E-state index in [1.807, 2.05) is 0 Å². The molecular weight excluding hydrogens is 451 g/mol. The van der Waals surface area contributed by atoms with Gasteiger partial charge >= 0.3 is 6.11 Å². The molecular formula is C22H13F9O. The van der Waals surface area contributed by atoms with Gasteiger partial charge in [0, 0.05) is 17.7 Å². The zero-order valence-corrected chi connectivity index (χ0v) is 16.2. The largest absolute Gasteiger partial charge is 0.432 e. The van der Waals surface area contributed by atoms with Gasteiger partial charge in [-0.15, -0.1) is 0 Å². The Morgan fingerprint density at radius 3 is 1.81 bits per heavy atom. The van der Waals surface area contributed by atoms with Gasteiger partial charge in [-0.05, 0) is 29.7 Å². The van der Waals surface area contributed by atoms with Gasteiger partial charge < -0.3 is 4.74 Å². The molecule has 0 saturated heterocycles. The van der Waals surface area contributed by atoms with Crippen LogP contribution in [-0.4, -0.2) is 0 Å². The van der Waals surface area contributed by atoms with E-state index in [0.29, 0.717) is 18.6 Å². The maximum atomic E-state index is 14.4. The van der Waals surface area contributed by atoms with E-state index in [2.05, 4.69) is 4.74 Å². The van der Waals surface area contributed by atoms with E-state index in [4.69, 9.17) is 0 Å². The molecule has 1 nitrogen and oxygen atoms in total. The highest BCUT2D eigenvalue weighted by Crippen LogP contribution is 2.38. The van der Waals surface area contributed by atoms with Crippen LogP contribution in [0.5, 0.6) is 5.75 Å². The molecule has 0 heterocycles. The Kier molecular flexibility index (Phi) is 6.43. The smallest absolute Gasteiger partial charge is 0.429 e. The fraction of sp³-hybridized carbons (Fsp3) is 0.182. The van der Waals surface area contributed by atoms with Crippen LogP contribution in [0.15, 0.2) is 36.4 Å². The van der Waals surface area contributed by atoms with E-state index in [9.17, 15) is 39.5 Å². The summed E-state index contributed by atoms with van der Waals surface area (Å²) in [5.41, 5.74) is -3.06. The van der Waals surface area contributed by atoms with Crippen molar-refractivity contribution >= 4 is 0 Å². The average Bonchev–Trinajstić information content (AvgIpc) is 2.68. The molecule has 0 bridgehead atoms. The van der Waals surface area contributed by atoms with Gasteiger partial charge in [0.05, 0.1) is 0 Å². The third-order valence-corrected chi connectivity index (χ3v) is 4.53. The number of halogens is 9. The Morgan fingerprint density at radius 2 is 1.28 bits per heavy atom. The second-order valence-electron chi connectivity index (χ2n) is 6.78. The van der Waals surface area contributed by atoms with Crippen LogP contribution >= 0.6 is 0 Å². The second kappa shape index (κ2) is 8.76. The lowest BCUT2D eigenvalue weighted by Crippen LogP contribution is -2.25. The van der Waals surface area contributed by atoms with Gasteiger partial charge in [0.25, 0.3) is 0 Å². The molecule has 3 aromatic rings. The van der Waals surface area contributed by atoms with Gasteiger partial charge in [-0.2, -0.15) is 8.78 Å². The van der Waals surface area contributed by atoms with E-state index in [1.54, 1.807) is 6.92 Å². The standard InChI is InChI=1S/C22H13F9O/c1-2-3-10-4-5-13(20(28)19(10)27)11-6-14(23)18(15(24)7-11)22(30,31)32-12-8-16(25)21(29)17(26)9-12/h4-9H,2-3H2,1H3. The lowest BCUT2D eigenvalue weighted by molar-refractivity contribution is -0.189. The van der Waals surface area contributed by atoms with E-state index in [0.717, 1.165) is 6.07 Å². The Balaban J connectivity index is 2.01. The predicted octanol–water partition coefficient (Wildman–Crippen LogP) is 7.41. The summed E-state index contributed by atoms with van der Waals surface area (Å²) in [6.45, 7) is 1.73. The summed E-state index contributed by atoms with van der Waals surface area (Å²) in [5.74, 6) is -13.4. The van der Waals surface area contributed by atoms with Gasteiger partial charge in [0.1, 0.15) is 22.9 Å². The quantitative estimate of drug-likeness (QED) is 0.273. The zero-order valence-electron chi connectivity index (χ0n) is 16.2. The molecule has 0 aliphatic heterocycles. The molecule has 3 rings (SSSR count). The van der Waals surface area contributed by atoms with Crippen LogP contribution < -0.4 is 4.74 Å². The first-order valence-corrected chi connectivity index (χ1v) is 9.14. The molecule has 0 amide bonds. The number of benzene rings is 3. The van der Waals surface area contributed by atoms with E-state index in [1.165, 1.54) is 6.07 Å². The molecule has 0 aromatic heterocycles. The molecule has 0 aliphatic carbocycles. The van der Waals surface area contributed by atoms with E-state index in [-0.39, 0.29) is 24.1 Å². The maximum Gasteiger partial charge on any atom is 0.432 e. The SMILES string of the molecule is CCCc1ccc(-c2cc(F)c(C(F)(F)Oc3cc(F)c(F)c(F)c3)c(F)c2)c(F)c1F. The lowest BCUT2D eigenvalue weighted by Gasteiger charge is -2.20. The monoisotopic (exact) mass is 464 g/mol. The minimum atomic E-state index is -4.79. The van der Waals surface area contributed by atoms with Crippen LogP contribution in [-0.2, 0) is 12.5 Å². The first kappa shape index (κ1) is 23.5. The number of aryl methyl sites for hydroxylation is 1. The van der Waals surface area contributed by atoms with Gasteiger partial charge in [0.15, 0.2) is 29.1 Å². The van der Waals surface area contributed by atoms with Crippen molar-refractivity contribution in [2.45, 2.75) is 25.9 Å². The first-order chi connectivity index (χ1) is 15.0. The third-order valence-electron chi connectivity index (χ3n) is 4.53. The Bertz CT molecular complexity index is 1130. The average molecular weight is 464 g/mol. The van der Waals surface area contributed by atoms with Crippen LogP contribution in [0.2, 0.25) is 0 Å². The summed E-state index contributed by atoms with van der Waals surface area (Å²) in [6, 6.07) is 3.04. The molecule has 0 spiro atoms. The Hall–Kier alpha value is -3.17. The van der Waals surface area contributed by atoms with Crippen LogP contribution in [0.4, 0.5) is 39.5 Å². The van der Waals surface area contributed by atoms with Crippen LogP contribution in [0.1, 0.15) is 24.5 Å². The highest BCUT2D eigenvalue weighted by Gasteiger charge is 2.41. The minimum absolute atomic E-state index is 0.0324. The normalized spacial score (nSPS) is 11.7. The van der Waals surface area contributed by atoms with Crippen molar-refractivity contribution in [3.05, 3.63) is 88.2 Å². The molecule has 0 radical (unpaired) electrons. The fourth-order valence-electron chi connectivity index (χ4n) is 3.07. The highest BCUT2D eigenvalue weighted by atomic mass is 19.3. The van der Waals surface area contributed by atoms with Gasteiger partial charge in [-0.1, -0.05) is 25.5 Å². The van der Waals surface area contributed by atoms with Crippen molar-refractivity contribution < 1.29 is 44.3 Å². The summed E-state index contributed by atoms with van der Waals surface area (Å²) >= 11 is 0. The summed E-state index contributed by atoms with van der Waals surface area (Å²) in [4.78, 5) is 0. The second-order valence-corrected chi connectivity index (χ2v) is 6.78. The number of hydrogen-bond donors (Lipinski definition) is 0. The topological polar surface area (TPSA) is 9.23 Å². The van der Waals surface area contributed by atoms with Gasteiger partial charge in [-0.3, -0.25) is 0 Å². The number of alkyl halides is 2. The lowest BCUT2D eigenvalue weighted by atomic mass is 9.99. The molecule has 0 unspecified atom stereocenters. The van der Waals surface area contributed by atoms with E-state index < -0.39 is 69.3 Å². The highest BCUT2D eigenvalue weighted by molar-refractivity contribution is 5.65. The van der Waals surface area contributed by atoms with Gasteiger partial charge in [-0.25, -0.2) is 30.7 Å². The Morgan fingerprint density at radius 1 is 0.719 bits per heavy atom. The van der Waals surface area contributed by atoms with Crippen molar-refractivity contribution in [2.24, 2.45) is 0 Å². The van der Waals surface area contributed by atoms with E-state index >= 15 is 0 Å². The molecule has 0 fully saturated rings. The molecule has 0 atom stereocenters. The molecule has 10 heteroatoms. The summed E-state index contributed by atoms with van der Waals surface area (Å²) in [7, 11) is 0. The zero-order chi connectivity index (χ0) is 23.8. The molecule has 32 heavy (non-hydrogen) atoms. The minimum Gasteiger partial charge on any atom is -0.429 e. The summed E-state index contributed by atoms with van der Waals surface area (Å²) in [6.07, 6.45) is -4.08. The summed E-state index contributed by atoms with van der Waals surface area (Å²) in [5, 5.41) is 0. The Labute approximate surface area is 176 Å². The number of ether oxygens (including phenoxy) is 1. The third kappa shape index (κ3) is 4.39. The predicted molar refractivity (Wildman–Crippen MR) is 96.5 cm³/mol. The molecule has 0 saturated carbocycles. The van der Waals surface area contributed by atoms with Crippen molar-refractivity contribution in [1.29, 1.82) is 0 Å². The van der Waals surface area contributed by atoms with Crippen LogP contribution in [0.3, 0.4) is 0 Å². The van der Waals surface area contributed by atoms with Crippen molar-refractivity contribution in [3.63, 3.8) is 0 Å². The molecule has 0 aliphatic rings. The van der Waals surface area contributed by atoms with Crippen molar-refractivity contribution in [3.8, 4) is 16.9 Å². The molecule has 3 aromatic carbocycles. The van der Waals surface area contributed by atoms with Gasteiger partial charge in [0.2, 0.25) is 0 Å². The maximum absolute atomic E-state index is 14.4. The van der Waals surface area contributed by atoms with Crippen molar-refractivity contribution in [1.82, 2.24) is 0 Å². The van der Waals surface area contributed by atoms with Crippen LogP contribution in [0.25, 0.3) is 11.1 Å². The number of hydrogen-bond acceptors (Lipinski definition) is 1. The fourth-order valence-corrected chi connectivity index (χ4v) is 3.07. The number of rotatable bonds is 6. The van der Waals surface area contributed by atoms with Crippen LogP contribution in [0, 0.1) is 40.7 Å². The molecule has 0 N–H and O–H groups in total. The summed E-state index contributed by atoms with van der Waals surface area (Å²) < 4.78 is 129. The van der Waals surface area contributed by atoms with Crippen molar-refractivity contribution in [2.75, 3.05) is 0 Å².